The number of phenolic OH excluding ortho intramolecular Hbond substituents is 1. The number of anilines is 1. The molecule has 5 rings (SSSR count). The Hall–Kier alpha value is -3.67. The Morgan fingerprint density at radius 3 is 2.63 bits per heavy atom. The Morgan fingerprint density at radius 1 is 1.09 bits per heavy atom. The Bertz CT molecular complexity index is 1770. The van der Waals surface area contributed by atoms with E-state index in [4.69, 9.17) is 16.7 Å². The summed E-state index contributed by atoms with van der Waals surface area (Å²) in [6.07, 6.45) is 4.10. The second-order valence-corrected chi connectivity index (χ2v) is 13.5. The van der Waals surface area contributed by atoms with Crippen molar-refractivity contribution in [2.45, 2.75) is 55.4 Å². The summed E-state index contributed by atoms with van der Waals surface area (Å²) in [7, 11) is 0. The molecule has 3 heterocycles. The van der Waals surface area contributed by atoms with Gasteiger partial charge >= 0.3 is 6.03 Å². The molecule has 43 heavy (non-hydrogen) atoms. The van der Waals surface area contributed by atoms with E-state index in [1.54, 1.807) is 40.3 Å². The molecular formula is C31H34ClN7O2S2. The van der Waals surface area contributed by atoms with Crippen molar-refractivity contribution in [2.75, 3.05) is 17.3 Å². The molecule has 0 atom stereocenters. The quantitative estimate of drug-likeness (QED) is 0.146. The lowest BCUT2D eigenvalue weighted by Crippen LogP contribution is -2.29. The first-order chi connectivity index (χ1) is 20.6. The zero-order valence-corrected chi connectivity index (χ0v) is 27.0. The van der Waals surface area contributed by atoms with E-state index < -0.39 is 0 Å². The van der Waals surface area contributed by atoms with Crippen LogP contribution in [-0.2, 0) is 12.0 Å². The number of pyridine rings is 1. The van der Waals surface area contributed by atoms with Crippen molar-refractivity contribution in [3.8, 4) is 11.4 Å². The van der Waals surface area contributed by atoms with E-state index in [0.717, 1.165) is 38.3 Å². The molecule has 0 aliphatic rings. The van der Waals surface area contributed by atoms with Crippen LogP contribution in [-0.4, -0.2) is 47.5 Å². The number of aromatic nitrogens is 5. The Morgan fingerprint density at radius 2 is 1.88 bits per heavy atom. The Labute approximate surface area is 264 Å². The number of carbonyl (C=O) groups excluding carboxylic acids is 1. The molecule has 0 aliphatic carbocycles. The normalized spacial score (nSPS) is 11.8. The number of phenols is 1. The minimum absolute atomic E-state index is 0.0621. The highest BCUT2D eigenvalue weighted by Crippen LogP contribution is 2.33. The van der Waals surface area contributed by atoms with Crippen LogP contribution in [0.3, 0.4) is 0 Å². The number of urea groups is 1. The molecule has 224 valence electrons. The lowest BCUT2D eigenvalue weighted by molar-refractivity contribution is 0.251. The van der Waals surface area contributed by atoms with Crippen LogP contribution in [0.4, 0.5) is 10.6 Å². The van der Waals surface area contributed by atoms with Crippen molar-refractivity contribution < 1.29 is 9.90 Å². The summed E-state index contributed by atoms with van der Waals surface area (Å²) >= 11 is 9.39. The highest BCUT2D eigenvalue weighted by molar-refractivity contribution is 7.99. The summed E-state index contributed by atoms with van der Waals surface area (Å²) < 4.78 is 3.64. The fourth-order valence-corrected chi connectivity index (χ4v) is 6.57. The smallest absolute Gasteiger partial charge is 0.320 e. The lowest BCUT2D eigenvalue weighted by Gasteiger charge is -2.20. The van der Waals surface area contributed by atoms with Crippen LogP contribution in [0.2, 0.25) is 5.02 Å². The number of fused-ring (bicyclic) bond motifs is 1. The molecule has 12 heteroatoms. The molecule has 0 unspecified atom stereocenters. The fourth-order valence-electron chi connectivity index (χ4n) is 4.62. The minimum atomic E-state index is -0.374. The van der Waals surface area contributed by atoms with E-state index in [0.29, 0.717) is 18.1 Å². The van der Waals surface area contributed by atoms with Gasteiger partial charge in [-0.05, 0) is 42.2 Å². The summed E-state index contributed by atoms with van der Waals surface area (Å²) in [5.41, 5.74) is 2.95. The molecule has 0 spiro atoms. The van der Waals surface area contributed by atoms with Gasteiger partial charge in [0.25, 0.3) is 0 Å². The first-order valence-electron chi connectivity index (χ1n) is 13.8. The number of carbonyl (C=O) groups is 1. The van der Waals surface area contributed by atoms with Crippen LogP contribution < -0.4 is 10.6 Å². The number of hydrogen-bond acceptors (Lipinski definition) is 7. The predicted molar refractivity (Wildman–Crippen MR) is 175 cm³/mol. The van der Waals surface area contributed by atoms with Crippen molar-refractivity contribution >= 4 is 52.6 Å². The molecule has 2 aromatic carbocycles. The van der Waals surface area contributed by atoms with E-state index in [9.17, 15) is 9.90 Å². The third kappa shape index (κ3) is 6.95. The molecule has 5 aromatic rings. The van der Waals surface area contributed by atoms with Gasteiger partial charge in [0.2, 0.25) is 0 Å². The summed E-state index contributed by atoms with van der Waals surface area (Å²) in [6, 6.07) is 18.4. The summed E-state index contributed by atoms with van der Waals surface area (Å²) in [5, 5.41) is 29.8. The average molecular weight is 636 g/mol. The number of halogens is 1. The highest BCUT2D eigenvalue weighted by atomic mass is 35.5. The first-order valence-corrected chi connectivity index (χ1v) is 16.4. The van der Waals surface area contributed by atoms with Gasteiger partial charge in [-0.25, -0.2) is 9.48 Å². The second kappa shape index (κ2) is 12.9. The molecular weight excluding hydrogens is 602 g/mol. The van der Waals surface area contributed by atoms with Crippen LogP contribution in [0.1, 0.15) is 50.7 Å². The number of rotatable bonds is 10. The Balaban J connectivity index is 1.34. The first kappa shape index (κ1) is 30.8. The Kier molecular flexibility index (Phi) is 9.24. The molecule has 0 bridgehead atoms. The monoisotopic (exact) mass is 635 g/mol. The number of hydrogen-bond donors (Lipinski definition) is 3. The number of nitrogens with zero attached hydrogens (tertiary/aromatic N) is 5. The standard InChI is InChI=1S/C31H34ClN7O2S2/c1-19(2)29-36-35-27-13-11-22(17-38(27)29)43-25-9-7-6-8-20(25)16-33-30(41)34-28-15-26(31(3,4)18-42-5)37-39(28)21-10-12-23(32)24(40)14-21/h6-15,17,19,40H,16,18H2,1-5H3,(H2,33,34,41). The number of thioether (sulfide) groups is 1. The lowest BCUT2D eigenvalue weighted by atomic mass is 9.92. The van der Waals surface area contributed by atoms with E-state index in [1.807, 2.05) is 46.9 Å². The maximum absolute atomic E-state index is 13.2. The fraction of sp³-hybridized carbons (Fsp3) is 0.290. The van der Waals surface area contributed by atoms with Crippen molar-refractivity contribution in [3.63, 3.8) is 0 Å². The maximum Gasteiger partial charge on any atom is 0.320 e. The molecule has 3 N–H and O–H groups in total. The van der Waals surface area contributed by atoms with Gasteiger partial charge in [-0.15, -0.1) is 10.2 Å². The van der Waals surface area contributed by atoms with Crippen LogP contribution in [0, 0.1) is 0 Å². The van der Waals surface area contributed by atoms with Gasteiger partial charge in [0.1, 0.15) is 17.4 Å². The van der Waals surface area contributed by atoms with Gasteiger partial charge < -0.3 is 10.4 Å². The topological polar surface area (TPSA) is 109 Å². The number of aromatic hydroxyl groups is 1. The van der Waals surface area contributed by atoms with Crippen LogP contribution in [0.15, 0.2) is 76.7 Å². The van der Waals surface area contributed by atoms with Crippen LogP contribution >= 0.6 is 35.1 Å². The van der Waals surface area contributed by atoms with E-state index in [2.05, 4.69) is 61.0 Å². The molecule has 3 aromatic heterocycles. The molecule has 9 nitrogen and oxygen atoms in total. The van der Waals surface area contributed by atoms with Crippen LogP contribution in [0.5, 0.6) is 5.75 Å². The van der Waals surface area contributed by atoms with Gasteiger partial charge in [-0.2, -0.15) is 16.9 Å². The SMILES string of the molecule is CSCC(C)(C)c1cc(NC(=O)NCc2ccccc2Sc2ccc3nnc(C(C)C)n3c2)n(-c2ccc(Cl)c(O)c2)n1. The van der Waals surface area contributed by atoms with E-state index in [-0.39, 0.29) is 28.1 Å². The van der Waals surface area contributed by atoms with Gasteiger partial charge in [0, 0.05) is 51.8 Å². The van der Waals surface area contributed by atoms with Crippen molar-refractivity contribution in [2.24, 2.45) is 0 Å². The van der Waals surface area contributed by atoms with Crippen molar-refractivity contribution in [1.29, 1.82) is 0 Å². The highest BCUT2D eigenvalue weighted by Gasteiger charge is 2.26. The van der Waals surface area contributed by atoms with Crippen LogP contribution in [0.25, 0.3) is 11.3 Å². The molecule has 0 saturated heterocycles. The van der Waals surface area contributed by atoms with Gasteiger partial charge in [0.15, 0.2) is 5.65 Å². The van der Waals surface area contributed by atoms with E-state index in [1.165, 1.54) is 6.07 Å². The van der Waals surface area contributed by atoms with Gasteiger partial charge in [-0.1, -0.05) is 69.3 Å². The third-order valence-corrected chi connectivity index (χ3v) is 9.31. The van der Waals surface area contributed by atoms with Crippen molar-refractivity contribution in [1.82, 2.24) is 29.7 Å². The maximum atomic E-state index is 13.2. The van der Waals surface area contributed by atoms with E-state index >= 15 is 0 Å². The zero-order chi connectivity index (χ0) is 30.7. The summed E-state index contributed by atoms with van der Waals surface area (Å²) in [6.45, 7) is 8.74. The largest absolute Gasteiger partial charge is 0.506 e. The number of benzene rings is 2. The predicted octanol–water partition coefficient (Wildman–Crippen LogP) is 7.51. The molecule has 0 radical (unpaired) electrons. The van der Waals surface area contributed by atoms with Gasteiger partial charge in [0.05, 0.1) is 16.4 Å². The number of nitrogens with one attached hydrogen (secondary N) is 2. The average Bonchev–Trinajstić information content (AvgIpc) is 3.59. The second-order valence-electron chi connectivity index (χ2n) is 11.1. The molecule has 0 fully saturated rings. The number of amides is 2. The van der Waals surface area contributed by atoms with Crippen molar-refractivity contribution in [3.05, 3.63) is 89.0 Å². The summed E-state index contributed by atoms with van der Waals surface area (Å²) in [5.74, 6) is 2.43. The molecule has 0 aliphatic heterocycles. The minimum Gasteiger partial charge on any atom is -0.506 e. The zero-order valence-electron chi connectivity index (χ0n) is 24.6. The third-order valence-electron chi connectivity index (χ3n) is 6.88. The summed E-state index contributed by atoms with van der Waals surface area (Å²) in [4.78, 5) is 15.3. The molecule has 0 saturated carbocycles. The van der Waals surface area contributed by atoms with Gasteiger partial charge in [-0.3, -0.25) is 9.72 Å². The molecule has 2 amide bonds.